The number of aryl methyl sites for hydroxylation is 1. The van der Waals surface area contributed by atoms with Crippen LogP contribution >= 0.6 is 22.6 Å². The first kappa shape index (κ1) is 20.8. The Morgan fingerprint density at radius 1 is 1.33 bits per heavy atom. The van der Waals surface area contributed by atoms with Crippen LogP contribution in [0.2, 0.25) is 0 Å². The Bertz CT molecular complexity index is 930. The predicted octanol–water partition coefficient (Wildman–Crippen LogP) is 4.86. The van der Waals surface area contributed by atoms with E-state index in [1.165, 1.54) is 0 Å². The van der Waals surface area contributed by atoms with E-state index in [-0.39, 0.29) is 5.57 Å². The molecule has 0 aromatic heterocycles. The molecule has 6 heteroatoms. The van der Waals surface area contributed by atoms with Gasteiger partial charge in [0.15, 0.2) is 11.5 Å². The van der Waals surface area contributed by atoms with Crippen molar-refractivity contribution in [3.05, 3.63) is 56.2 Å². The number of methoxy groups -OCH3 is 1. The Morgan fingerprint density at radius 3 is 2.70 bits per heavy atom. The summed E-state index contributed by atoms with van der Waals surface area (Å²) in [4.78, 5) is 12.6. The summed E-state index contributed by atoms with van der Waals surface area (Å²) in [5.74, 6) is 0.758. The second-order valence-corrected chi connectivity index (χ2v) is 7.00. The van der Waals surface area contributed by atoms with Crippen molar-refractivity contribution in [2.45, 2.75) is 20.8 Å². The zero-order valence-corrected chi connectivity index (χ0v) is 17.9. The van der Waals surface area contributed by atoms with Gasteiger partial charge in [0.25, 0.3) is 5.91 Å². The minimum Gasteiger partial charge on any atom is -0.492 e. The molecule has 27 heavy (non-hydrogen) atoms. The molecule has 2 aromatic carbocycles. The first-order chi connectivity index (χ1) is 12.9. The van der Waals surface area contributed by atoms with Crippen molar-refractivity contribution in [2.24, 2.45) is 0 Å². The van der Waals surface area contributed by atoms with Crippen molar-refractivity contribution < 1.29 is 14.3 Å². The van der Waals surface area contributed by atoms with E-state index in [9.17, 15) is 10.1 Å². The summed E-state index contributed by atoms with van der Waals surface area (Å²) < 4.78 is 11.8. The summed E-state index contributed by atoms with van der Waals surface area (Å²) in [6, 6.07) is 11.2. The molecule has 0 spiro atoms. The van der Waals surface area contributed by atoms with Crippen LogP contribution in [0.25, 0.3) is 6.08 Å². The zero-order chi connectivity index (χ0) is 20.0. The molecule has 1 N–H and O–H groups in total. The normalized spacial score (nSPS) is 10.9. The number of ether oxygens (including phenoxy) is 2. The minimum absolute atomic E-state index is 0.0133. The molecule has 0 bridgehead atoms. The molecular weight excluding hydrogens is 455 g/mol. The first-order valence-electron chi connectivity index (χ1n) is 8.41. The van der Waals surface area contributed by atoms with E-state index in [4.69, 9.17) is 9.47 Å². The predicted molar refractivity (Wildman–Crippen MR) is 115 cm³/mol. The third-order valence-electron chi connectivity index (χ3n) is 4.06. The van der Waals surface area contributed by atoms with E-state index in [0.717, 1.165) is 14.7 Å². The van der Waals surface area contributed by atoms with Crippen LogP contribution in [0.1, 0.15) is 23.6 Å². The van der Waals surface area contributed by atoms with Gasteiger partial charge in [-0.05, 0) is 84.3 Å². The summed E-state index contributed by atoms with van der Waals surface area (Å²) >= 11 is 2.14. The van der Waals surface area contributed by atoms with Gasteiger partial charge in [-0.1, -0.05) is 12.1 Å². The molecule has 140 valence electrons. The highest BCUT2D eigenvalue weighted by molar-refractivity contribution is 14.1. The van der Waals surface area contributed by atoms with Crippen LogP contribution in [0.15, 0.2) is 35.9 Å². The maximum atomic E-state index is 12.6. The number of nitriles is 1. The standard InChI is InChI=1S/C21H21IN2O3/c1-5-27-19-11-15(10-17(22)20(19)26-4)9-16(12-23)21(25)24-18-8-6-7-13(2)14(18)3/h6-11H,5H2,1-4H3,(H,24,25)/b16-9-. The van der Waals surface area contributed by atoms with Crippen molar-refractivity contribution in [3.8, 4) is 17.6 Å². The molecule has 0 aliphatic heterocycles. The van der Waals surface area contributed by atoms with Crippen LogP contribution in [0.4, 0.5) is 5.69 Å². The Labute approximate surface area is 173 Å². The van der Waals surface area contributed by atoms with Crippen LogP contribution in [0, 0.1) is 28.7 Å². The lowest BCUT2D eigenvalue weighted by Crippen LogP contribution is -2.14. The van der Waals surface area contributed by atoms with E-state index < -0.39 is 5.91 Å². The van der Waals surface area contributed by atoms with Gasteiger partial charge in [-0.25, -0.2) is 0 Å². The van der Waals surface area contributed by atoms with Gasteiger partial charge in [-0.3, -0.25) is 4.79 Å². The van der Waals surface area contributed by atoms with E-state index in [2.05, 4.69) is 27.9 Å². The van der Waals surface area contributed by atoms with Gasteiger partial charge in [-0.15, -0.1) is 0 Å². The number of hydrogen-bond acceptors (Lipinski definition) is 4. The van der Waals surface area contributed by atoms with Crippen LogP contribution in [-0.2, 0) is 4.79 Å². The van der Waals surface area contributed by atoms with Crippen LogP contribution in [0.3, 0.4) is 0 Å². The van der Waals surface area contributed by atoms with Crippen molar-refractivity contribution in [2.75, 3.05) is 19.0 Å². The highest BCUT2D eigenvalue weighted by Crippen LogP contribution is 2.34. The van der Waals surface area contributed by atoms with Gasteiger partial charge in [0, 0.05) is 5.69 Å². The molecule has 5 nitrogen and oxygen atoms in total. The molecular formula is C21H21IN2O3. The Morgan fingerprint density at radius 2 is 2.07 bits per heavy atom. The lowest BCUT2D eigenvalue weighted by molar-refractivity contribution is -0.112. The largest absolute Gasteiger partial charge is 0.492 e. The van der Waals surface area contributed by atoms with Gasteiger partial charge in [0.1, 0.15) is 11.6 Å². The average molecular weight is 476 g/mol. The van der Waals surface area contributed by atoms with Crippen molar-refractivity contribution in [3.63, 3.8) is 0 Å². The number of carbonyl (C=O) groups excluding carboxylic acids is 1. The van der Waals surface area contributed by atoms with Gasteiger partial charge < -0.3 is 14.8 Å². The fraction of sp³-hybridized carbons (Fsp3) is 0.238. The summed E-state index contributed by atoms with van der Waals surface area (Å²) in [5.41, 5.74) is 3.44. The molecule has 0 saturated heterocycles. The maximum Gasteiger partial charge on any atom is 0.266 e. The molecule has 0 radical (unpaired) electrons. The molecule has 1 amide bonds. The molecule has 0 atom stereocenters. The minimum atomic E-state index is -0.449. The Balaban J connectivity index is 2.36. The number of rotatable bonds is 6. The monoisotopic (exact) mass is 476 g/mol. The average Bonchev–Trinajstić information content (AvgIpc) is 2.63. The van der Waals surface area contributed by atoms with Crippen LogP contribution < -0.4 is 14.8 Å². The van der Waals surface area contributed by atoms with Crippen LogP contribution in [-0.4, -0.2) is 19.6 Å². The third-order valence-corrected chi connectivity index (χ3v) is 4.87. The Kier molecular flexibility index (Phi) is 7.25. The number of amides is 1. The highest BCUT2D eigenvalue weighted by atomic mass is 127. The summed E-state index contributed by atoms with van der Waals surface area (Å²) in [6.45, 7) is 6.27. The topological polar surface area (TPSA) is 71.3 Å². The number of halogens is 1. The van der Waals surface area contributed by atoms with Crippen molar-refractivity contribution >= 4 is 40.3 Å². The number of carbonyl (C=O) groups is 1. The van der Waals surface area contributed by atoms with Gasteiger partial charge >= 0.3 is 0 Å². The number of benzene rings is 2. The fourth-order valence-electron chi connectivity index (χ4n) is 2.52. The molecule has 0 unspecified atom stereocenters. The van der Waals surface area contributed by atoms with Gasteiger partial charge in [0.2, 0.25) is 0 Å². The van der Waals surface area contributed by atoms with Crippen molar-refractivity contribution in [1.82, 2.24) is 0 Å². The quantitative estimate of drug-likeness (QED) is 0.367. The third kappa shape index (κ3) is 5.01. The first-order valence-corrected chi connectivity index (χ1v) is 9.48. The molecule has 0 fully saturated rings. The van der Waals surface area contributed by atoms with E-state index in [0.29, 0.717) is 29.4 Å². The van der Waals surface area contributed by atoms with E-state index in [1.807, 2.05) is 51.1 Å². The lowest BCUT2D eigenvalue weighted by atomic mass is 10.1. The molecule has 0 aliphatic carbocycles. The smallest absolute Gasteiger partial charge is 0.266 e. The molecule has 2 aromatic rings. The second kappa shape index (κ2) is 9.42. The molecule has 0 aliphatic rings. The fourth-order valence-corrected chi connectivity index (χ4v) is 3.37. The Hall–Kier alpha value is -2.53. The maximum absolute atomic E-state index is 12.6. The number of nitrogens with one attached hydrogen (secondary N) is 1. The summed E-state index contributed by atoms with van der Waals surface area (Å²) in [5, 5.41) is 12.3. The van der Waals surface area contributed by atoms with E-state index >= 15 is 0 Å². The van der Waals surface area contributed by atoms with Crippen molar-refractivity contribution in [1.29, 1.82) is 5.26 Å². The molecule has 2 rings (SSSR count). The lowest BCUT2D eigenvalue weighted by Gasteiger charge is -2.12. The van der Waals surface area contributed by atoms with Gasteiger partial charge in [-0.2, -0.15) is 5.26 Å². The summed E-state index contributed by atoms with van der Waals surface area (Å²) in [6.07, 6.45) is 1.55. The van der Waals surface area contributed by atoms with Crippen LogP contribution in [0.5, 0.6) is 11.5 Å². The number of anilines is 1. The molecule has 0 heterocycles. The van der Waals surface area contributed by atoms with Gasteiger partial charge in [0.05, 0.1) is 17.3 Å². The molecule has 0 saturated carbocycles. The zero-order valence-electron chi connectivity index (χ0n) is 15.7. The summed E-state index contributed by atoms with van der Waals surface area (Å²) in [7, 11) is 1.58. The van der Waals surface area contributed by atoms with E-state index in [1.54, 1.807) is 19.3 Å². The number of nitrogens with zero attached hydrogens (tertiary/aromatic N) is 1. The highest BCUT2D eigenvalue weighted by Gasteiger charge is 2.14. The SMILES string of the molecule is CCOc1cc(/C=C(/C#N)C(=O)Nc2cccc(C)c2C)cc(I)c1OC. The number of hydrogen-bond donors (Lipinski definition) is 1. The second-order valence-electron chi connectivity index (χ2n) is 5.84.